The van der Waals surface area contributed by atoms with Gasteiger partial charge in [0.15, 0.2) is 0 Å². The van der Waals surface area contributed by atoms with Crippen LogP contribution in [0.4, 0.5) is 10.5 Å². The zero-order valence-corrected chi connectivity index (χ0v) is 18.0. The van der Waals surface area contributed by atoms with E-state index in [0.717, 1.165) is 64.0 Å². The number of anilines is 1. The Morgan fingerprint density at radius 3 is 2.62 bits per heavy atom. The second-order valence-electron chi connectivity index (χ2n) is 8.54. The summed E-state index contributed by atoms with van der Waals surface area (Å²) < 4.78 is 0. The van der Waals surface area contributed by atoms with E-state index in [9.17, 15) is 9.59 Å². The smallest absolute Gasteiger partial charge is 0.319 e. The molecule has 2 aliphatic heterocycles. The van der Waals surface area contributed by atoms with Crippen LogP contribution in [0.1, 0.15) is 51.0 Å². The van der Waals surface area contributed by atoms with E-state index in [2.05, 4.69) is 22.5 Å². The van der Waals surface area contributed by atoms with Crippen molar-refractivity contribution in [2.24, 2.45) is 5.92 Å². The quantitative estimate of drug-likeness (QED) is 0.767. The van der Waals surface area contributed by atoms with Gasteiger partial charge in [0.25, 0.3) is 0 Å². The molecule has 0 bridgehead atoms. The van der Waals surface area contributed by atoms with Crippen LogP contribution in [0.15, 0.2) is 24.3 Å². The third-order valence-electron chi connectivity index (χ3n) is 6.10. The average Bonchev–Trinajstić information content (AvgIpc) is 2.74. The number of carbonyl (C=O) groups is 2. The van der Waals surface area contributed by atoms with Crippen LogP contribution in [0.5, 0.6) is 0 Å². The Bertz CT molecular complexity index is 674. The summed E-state index contributed by atoms with van der Waals surface area (Å²) in [5.74, 6) is 0.617. The first-order chi connectivity index (χ1) is 14.1. The molecule has 2 N–H and O–H groups in total. The summed E-state index contributed by atoms with van der Waals surface area (Å²) in [4.78, 5) is 29.8. The van der Waals surface area contributed by atoms with Gasteiger partial charge in [-0.1, -0.05) is 31.0 Å². The van der Waals surface area contributed by atoms with Crippen molar-refractivity contribution in [2.75, 3.05) is 38.0 Å². The molecule has 0 saturated carbocycles. The van der Waals surface area contributed by atoms with Crippen LogP contribution < -0.4 is 10.6 Å². The molecule has 3 rings (SSSR count). The number of urea groups is 1. The Balaban J connectivity index is 1.47. The van der Waals surface area contributed by atoms with Crippen molar-refractivity contribution in [3.8, 4) is 0 Å². The second-order valence-corrected chi connectivity index (χ2v) is 8.54. The molecule has 6 nitrogen and oxygen atoms in total. The zero-order valence-electron chi connectivity index (χ0n) is 18.0. The predicted octanol–water partition coefficient (Wildman–Crippen LogP) is 3.62. The van der Waals surface area contributed by atoms with Gasteiger partial charge in [-0.25, -0.2) is 4.79 Å². The average molecular weight is 401 g/mol. The summed E-state index contributed by atoms with van der Waals surface area (Å²) >= 11 is 0. The lowest BCUT2D eigenvalue weighted by Crippen LogP contribution is -2.54. The van der Waals surface area contributed by atoms with Crippen molar-refractivity contribution < 1.29 is 9.59 Å². The minimum atomic E-state index is -0.182. The van der Waals surface area contributed by atoms with Crippen molar-refractivity contribution >= 4 is 17.6 Å². The maximum absolute atomic E-state index is 13.2. The van der Waals surface area contributed by atoms with Gasteiger partial charge < -0.3 is 15.5 Å². The number of benzene rings is 1. The highest BCUT2D eigenvalue weighted by Crippen LogP contribution is 2.23. The Labute approximate surface area is 175 Å². The molecule has 3 amide bonds. The molecule has 0 radical (unpaired) electrons. The van der Waals surface area contributed by atoms with Gasteiger partial charge in [0.1, 0.15) is 0 Å². The maximum Gasteiger partial charge on any atom is 0.319 e. The summed E-state index contributed by atoms with van der Waals surface area (Å²) in [6.45, 7) is 8.46. The number of nitrogens with one attached hydrogen (secondary N) is 2. The third-order valence-corrected chi connectivity index (χ3v) is 6.10. The summed E-state index contributed by atoms with van der Waals surface area (Å²) in [6.07, 6.45) is 6.49. The first kappa shape index (κ1) is 21.6. The topological polar surface area (TPSA) is 64.7 Å². The van der Waals surface area contributed by atoms with Gasteiger partial charge in [0, 0.05) is 25.3 Å². The molecule has 0 aliphatic carbocycles. The number of nitrogens with zero attached hydrogens (tertiary/aromatic N) is 2. The summed E-state index contributed by atoms with van der Waals surface area (Å²) in [6, 6.07) is 7.64. The van der Waals surface area contributed by atoms with E-state index in [-0.39, 0.29) is 12.1 Å². The van der Waals surface area contributed by atoms with Crippen LogP contribution >= 0.6 is 0 Å². The van der Waals surface area contributed by atoms with E-state index in [1.807, 2.05) is 36.1 Å². The molecule has 2 heterocycles. The zero-order chi connectivity index (χ0) is 20.6. The molecule has 160 valence electrons. The van der Waals surface area contributed by atoms with E-state index in [4.69, 9.17) is 0 Å². The Hall–Kier alpha value is -2.08. The molecule has 2 fully saturated rings. The largest absolute Gasteiger partial charge is 0.341 e. The fourth-order valence-corrected chi connectivity index (χ4v) is 4.52. The van der Waals surface area contributed by atoms with Crippen molar-refractivity contribution in [2.45, 2.75) is 58.4 Å². The highest BCUT2D eigenvalue weighted by atomic mass is 16.2. The number of piperidine rings is 2. The molecule has 29 heavy (non-hydrogen) atoms. The number of hydrogen-bond donors (Lipinski definition) is 2. The predicted molar refractivity (Wildman–Crippen MR) is 117 cm³/mol. The van der Waals surface area contributed by atoms with Gasteiger partial charge in [0.2, 0.25) is 5.91 Å². The minimum absolute atomic E-state index is 0.0558. The number of likely N-dealkylation sites (tertiary alicyclic amines) is 2. The monoisotopic (exact) mass is 400 g/mol. The SMILES string of the molecule is CCCN1CCCCC1C(=O)N1CCCC(CNC(=O)Nc2ccc(C)cc2)C1. The standard InChI is InChI=1S/C23H36N4O2/c1-3-13-26-14-5-4-8-21(26)22(28)27-15-6-7-19(17-27)16-24-23(29)25-20-11-9-18(2)10-12-20/h9-12,19,21H,3-8,13-17H2,1-2H3,(H2,24,25,29). The van der Waals surface area contributed by atoms with Crippen LogP contribution in [0.3, 0.4) is 0 Å². The van der Waals surface area contributed by atoms with Crippen molar-refractivity contribution in [1.82, 2.24) is 15.1 Å². The van der Waals surface area contributed by atoms with Gasteiger partial charge in [-0.15, -0.1) is 0 Å². The van der Waals surface area contributed by atoms with Crippen molar-refractivity contribution in [1.29, 1.82) is 0 Å². The molecule has 0 spiro atoms. The van der Waals surface area contributed by atoms with Gasteiger partial charge in [0.05, 0.1) is 6.04 Å². The number of aryl methyl sites for hydroxylation is 1. The van der Waals surface area contributed by atoms with E-state index in [1.54, 1.807) is 0 Å². The summed E-state index contributed by atoms with van der Waals surface area (Å²) in [7, 11) is 0. The number of rotatable bonds is 6. The van der Waals surface area contributed by atoms with Gasteiger partial charge in [-0.2, -0.15) is 0 Å². The van der Waals surface area contributed by atoms with E-state index in [0.29, 0.717) is 18.4 Å². The van der Waals surface area contributed by atoms with E-state index < -0.39 is 0 Å². The lowest BCUT2D eigenvalue weighted by Gasteiger charge is -2.40. The van der Waals surface area contributed by atoms with E-state index in [1.165, 1.54) is 12.0 Å². The first-order valence-electron chi connectivity index (χ1n) is 11.2. The van der Waals surface area contributed by atoms with Crippen LogP contribution in [-0.4, -0.2) is 60.5 Å². The highest BCUT2D eigenvalue weighted by molar-refractivity contribution is 5.89. The van der Waals surface area contributed by atoms with Crippen LogP contribution in [-0.2, 0) is 4.79 Å². The summed E-state index contributed by atoms with van der Waals surface area (Å²) in [5.41, 5.74) is 1.96. The minimum Gasteiger partial charge on any atom is -0.341 e. The van der Waals surface area contributed by atoms with Crippen molar-refractivity contribution in [3.63, 3.8) is 0 Å². The molecule has 1 aromatic rings. The molecule has 2 aliphatic rings. The Morgan fingerprint density at radius 2 is 1.86 bits per heavy atom. The number of carbonyl (C=O) groups excluding carboxylic acids is 2. The molecule has 2 saturated heterocycles. The number of amides is 3. The normalized spacial score (nSPS) is 22.9. The molecule has 2 unspecified atom stereocenters. The number of hydrogen-bond acceptors (Lipinski definition) is 3. The fraction of sp³-hybridized carbons (Fsp3) is 0.652. The lowest BCUT2D eigenvalue weighted by atomic mass is 9.95. The second kappa shape index (κ2) is 10.6. The first-order valence-corrected chi connectivity index (χ1v) is 11.2. The van der Waals surface area contributed by atoms with E-state index >= 15 is 0 Å². The molecule has 6 heteroatoms. The van der Waals surface area contributed by atoms with Crippen LogP contribution in [0, 0.1) is 12.8 Å². The Kier molecular flexibility index (Phi) is 7.92. The van der Waals surface area contributed by atoms with Gasteiger partial charge in [-0.3, -0.25) is 9.69 Å². The fourth-order valence-electron chi connectivity index (χ4n) is 4.52. The summed E-state index contributed by atoms with van der Waals surface area (Å²) in [5, 5.41) is 5.86. The van der Waals surface area contributed by atoms with Gasteiger partial charge >= 0.3 is 6.03 Å². The molecular formula is C23H36N4O2. The molecule has 2 atom stereocenters. The van der Waals surface area contributed by atoms with Gasteiger partial charge in [-0.05, 0) is 70.2 Å². The maximum atomic E-state index is 13.2. The third kappa shape index (κ3) is 6.20. The Morgan fingerprint density at radius 1 is 1.07 bits per heavy atom. The highest BCUT2D eigenvalue weighted by Gasteiger charge is 2.33. The lowest BCUT2D eigenvalue weighted by molar-refractivity contribution is -0.140. The van der Waals surface area contributed by atoms with Crippen molar-refractivity contribution in [3.05, 3.63) is 29.8 Å². The molecule has 0 aromatic heterocycles. The molecular weight excluding hydrogens is 364 g/mol. The van der Waals surface area contributed by atoms with Crippen LogP contribution in [0.25, 0.3) is 0 Å². The molecule has 1 aromatic carbocycles. The van der Waals surface area contributed by atoms with Crippen LogP contribution in [0.2, 0.25) is 0 Å².